The van der Waals surface area contributed by atoms with Crippen LogP contribution in [0, 0.1) is 0 Å². The highest BCUT2D eigenvalue weighted by Crippen LogP contribution is 2.30. The van der Waals surface area contributed by atoms with E-state index in [1.54, 1.807) is 12.1 Å². The van der Waals surface area contributed by atoms with Gasteiger partial charge in [0.25, 0.3) is 0 Å². The second-order valence-electron chi connectivity index (χ2n) is 2.92. The van der Waals surface area contributed by atoms with Gasteiger partial charge in [-0.05, 0) is 29.3 Å². The summed E-state index contributed by atoms with van der Waals surface area (Å²) < 4.78 is 5.23. The van der Waals surface area contributed by atoms with Crippen molar-refractivity contribution in [3.8, 4) is 0 Å². The minimum Gasteiger partial charge on any atom is -0.448 e. The van der Waals surface area contributed by atoms with Gasteiger partial charge < -0.3 is 4.42 Å². The fraction of sp³-hybridized carbons (Fsp3) is 0.0909. The standard InChI is InChI=1S/C11H8Cl2O/c12-10-7-6-9(14-10)11(13)8-4-2-1-3-5-8/h1-7,11H. The maximum absolute atomic E-state index is 6.19. The van der Waals surface area contributed by atoms with E-state index in [-0.39, 0.29) is 5.38 Å². The summed E-state index contributed by atoms with van der Waals surface area (Å²) in [6, 6.07) is 13.2. The average Bonchev–Trinajstić information content (AvgIpc) is 2.65. The van der Waals surface area contributed by atoms with Crippen LogP contribution in [-0.4, -0.2) is 0 Å². The van der Waals surface area contributed by atoms with Crippen LogP contribution in [-0.2, 0) is 0 Å². The van der Waals surface area contributed by atoms with Gasteiger partial charge in [-0.15, -0.1) is 11.6 Å². The van der Waals surface area contributed by atoms with E-state index in [2.05, 4.69) is 0 Å². The van der Waals surface area contributed by atoms with Gasteiger partial charge in [-0.2, -0.15) is 0 Å². The Bertz CT molecular complexity index is 408. The maximum atomic E-state index is 6.19. The summed E-state index contributed by atoms with van der Waals surface area (Å²) in [4.78, 5) is 0. The quantitative estimate of drug-likeness (QED) is 0.698. The third-order valence-electron chi connectivity index (χ3n) is 1.94. The Labute approximate surface area is 92.3 Å². The number of rotatable bonds is 2. The zero-order valence-electron chi connectivity index (χ0n) is 7.28. The van der Waals surface area contributed by atoms with Crippen molar-refractivity contribution in [1.29, 1.82) is 0 Å². The molecule has 0 saturated heterocycles. The van der Waals surface area contributed by atoms with Crippen LogP contribution in [0.15, 0.2) is 46.9 Å². The first-order valence-corrected chi connectivity index (χ1v) is 5.03. The third-order valence-corrected chi connectivity index (χ3v) is 2.61. The topological polar surface area (TPSA) is 13.1 Å². The fourth-order valence-electron chi connectivity index (χ4n) is 1.25. The maximum Gasteiger partial charge on any atom is 0.193 e. The van der Waals surface area contributed by atoms with Crippen molar-refractivity contribution in [2.75, 3.05) is 0 Å². The molecule has 1 atom stereocenters. The fourth-order valence-corrected chi connectivity index (χ4v) is 1.67. The van der Waals surface area contributed by atoms with Crippen LogP contribution in [0.4, 0.5) is 0 Å². The Kier molecular flexibility index (Phi) is 2.80. The summed E-state index contributed by atoms with van der Waals surface area (Å²) in [7, 11) is 0. The zero-order valence-corrected chi connectivity index (χ0v) is 8.79. The summed E-state index contributed by atoms with van der Waals surface area (Å²) >= 11 is 11.9. The number of benzene rings is 1. The molecule has 3 heteroatoms. The van der Waals surface area contributed by atoms with Crippen LogP contribution in [0.2, 0.25) is 5.22 Å². The van der Waals surface area contributed by atoms with Gasteiger partial charge in [-0.25, -0.2) is 0 Å². The molecule has 0 aliphatic rings. The molecule has 1 nitrogen and oxygen atoms in total. The first-order chi connectivity index (χ1) is 6.77. The van der Waals surface area contributed by atoms with Crippen LogP contribution in [0.1, 0.15) is 16.7 Å². The smallest absolute Gasteiger partial charge is 0.193 e. The molecule has 0 bridgehead atoms. The van der Waals surface area contributed by atoms with Crippen LogP contribution in [0.5, 0.6) is 0 Å². The highest BCUT2D eigenvalue weighted by molar-refractivity contribution is 6.29. The van der Waals surface area contributed by atoms with Crippen molar-refractivity contribution in [2.45, 2.75) is 5.38 Å². The lowest BCUT2D eigenvalue weighted by Crippen LogP contribution is -1.89. The molecule has 0 N–H and O–H groups in total. The van der Waals surface area contributed by atoms with Gasteiger partial charge >= 0.3 is 0 Å². The molecule has 0 radical (unpaired) electrons. The molecule has 1 aromatic heterocycles. The normalized spacial score (nSPS) is 12.7. The SMILES string of the molecule is Clc1ccc(C(Cl)c2ccccc2)o1. The number of alkyl halides is 1. The summed E-state index contributed by atoms with van der Waals surface area (Å²) in [6.45, 7) is 0. The Balaban J connectivity index is 2.29. The van der Waals surface area contributed by atoms with Crippen molar-refractivity contribution in [3.63, 3.8) is 0 Å². The predicted molar refractivity (Wildman–Crippen MR) is 57.9 cm³/mol. The predicted octanol–water partition coefficient (Wildman–Crippen LogP) is 4.26. The molecule has 0 amide bonds. The van der Waals surface area contributed by atoms with Gasteiger partial charge in [0.05, 0.1) is 0 Å². The number of hydrogen-bond acceptors (Lipinski definition) is 1. The van der Waals surface area contributed by atoms with Gasteiger partial charge in [0.15, 0.2) is 5.22 Å². The van der Waals surface area contributed by atoms with Gasteiger partial charge in [0.1, 0.15) is 11.1 Å². The molecule has 0 aliphatic carbocycles. The molecule has 2 aromatic rings. The van der Waals surface area contributed by atoms with Crippen molar-refractivity contribution in [2.24, 2.45) is 0 Å². The van der Waals surface area contributed by atoms with Gasteiger partial charge in [-0.3, -0.25) is 0 Å². The molecule has 0 aliphatic heterocycles. The second kappa shape index (κ2) is 4.07. The molecule has 0 fully saturated rings. The Hall–Kier alpha value is -0.920. The van der Waals surface area contributed by atoms with Gasteiger partial charge in [0, 0.05) is 0 Å². The van der Waals surface area contributed by atoms with Crippen molar-refractivity contribution in [3.05, 3.63) is 59.0 Å². The van der Waals surface area contributed by atoms with E-state index in [1.165, 1.54) is 0 Å². The lowest BCUT2D eigenvalue weighted by atomic mass is 10.1. The molecule has 0 spiro atoms. The number of hydrogen-bond donors (Lipinski definition) is 0. The highest BCUT2D eigenvalue weighted by atomic mass is 35.5. The third kappa shape index (κ3) is 1.94. The molecule has 2 rings (SSSR count). The summed E-state index contributed by atoms with van der Waals surface area (Å²) in [5.41, 5.74) is 1.00. The van der Waals surface area contributed by atoms with Crippen molar-refractivity contribution >= 4 is 23.2 Å². The number of furan rings is 1. The molecule has 1 aromatic carbocycles. The molecular weight excluding hydrogens is 219 g/mol. The van der Waals surface area contributed by atoms with E-state index in [0.717, 1.165) is 5.56 Å². The Morgan fingerprint density at radius 2 is 1.71 bits per heavy atom. The summed E-state index contributed by atoms with van der Waals surface area (Å²) in [5.74, 6) is 0.669. The molecule has 0 saturated carbocycles. The van der Waals surface area contributed by atoms with E-state index in [1.807, 2.05) is 30.3 Å². The minimum atomic E-state index is -0.274. The van der Waals surface area contributed by atoms with E-state index in [0.29, 0.717) is 11.0 Å². The Morgan fingerprint density at radius 1 is 1.00 bits per heavy atom. The monoisotopic (exact) mass is 226 g/mol. The second-order valence-corrected chi connectivity index (χ2v) is 3.72. The van der Waals surface area contributed by atoms with Gasteiger partial charge in [0.2, 0.25) is 0 Å². The molecule has 14 heavy (non-hydrogen) atoms. The highest BCUT2D eigenvalue weighted by Gasteiger charge is 2.13. The summed E-state index contributed by atoms with van der Waals surface area (Å²) in [5, 5.41) is 0.0882. The Morgan fingerprint density at radius 3 is 2.29 bits per heavy atom. The molecule has 1 heterocycles. The summed E-state index contributed by atoms with van der Waals surface area (Å²) in [6.07, 6.45) is 0. The average molecular weight is 227 g/mol. The molecular formula is C11H8Cl2O. The van der Waals surface area contributed by atoms with E-state index < -0.39 is 0 Å². The largest absolute Gasteiger partial charge is 0.448 e. The van der Waals surface area contributed by atoms with Crippen LogP contribution in [0.3, 0.4) is 0 Å². The van der Waals surface area contributed by atoms with Crippen molar-refractivity contribution in [1.82, 2.24) is 0 Å². The zero-order chi connectivity index (χ0) is 9.97. The molecule has 1 unspecified atom stereocenters. The minimum absolute atomic E-state index is 0.274. The van der Waals surface area contributed by atoms with Crippen molar-refractivity contribution < 1.29 is 4.42 Å². The van der Waals surface area contributed by atoms with Crippen LogP contribution < -0.4 is 0 Å². The lowest BCUT2D eigenvalue weighted by molar-refractivity contribution is 0.518. The van der Waals surface area contributed by atoms with E-state index in [4.69, 9.17) is 27.6 Å². The van der Waals surface area contributed by atoms with E-state index >= 15 is 0 Å². The van der Waals surface area contributed by atoms with Crippen LogP contribution in [0.25, 0.3) is 0 Å². The van der Waals surface area contributed by atoms with Crippen LogP contribution >= 0.6 is 23.2 Å². The van der Waals surface area contributed by atoms with Gasteiger partial charge in [-0.1, -0.05) is 30.3 Å². The number of halogens is 2. The lowest BCUT2D eigenvalue weighted by Gasteiger charge is -2.05. The first kappa shape index (κ1) is 9.63. The first-order valence-electron chi connectivity index (χ1n) is 4.21. The molecule has 72 valence electrons. The van der Waals surface area contributed by atoms with E-state index in [9.17, 15) is 0 Å².